The number of nitrogens with one attached hydrogen (secondary N) is 2. The van der Waals surface area contributed by atoms with Gasteiger partial charge in [-0.3, -0.25) is 20.4 Å². The van der Waals surface area contributed by atoms with Crippen molar-refractivity contribution in [3.63, 3.8) is 0 Å². The normalized spacial score (nSPS) is 12.0. The minimum absolute atomic E-state index is 0.0322. The third-order valence-corrected chi connectivity index (χ3v) is 3.64. The molecule has 0 aliphatic rings. The van der Waals surface area contributed by atoms with Gasteiger partial charge in [-0.1, -0.05) is 18.2 Å². The van der Waals surface area contributed by atoms with E-state index >= 15 is 0 Å². The highest BCUT2D eigenvalue weighted by Crippen LogP contribution is 2.26. The molecule has 1 unspecified atom stereocenters. The Morgan fingerprint density at radius 2 is 1.69 bits per heavy atom. The van der Waals surface area contributed by atoms with Gasteiger partial charge in [0.25, 0.3) is 5.91 Å². The molecule has 0 fully saturated rings. The minimum atomic E-state index is -4.84. The summed E-state index contributed by atoms with van der Waals surface area (Å²) in [6.07, 6.45) is -6.05. The first-order valence-electron chi connectivity index (χ1n) is 8.48. The number of halogens is 4. The lowest BCUT2D eigenvalue weighted by molar-refractivity contribution is -0.274. The first-order valence-corrected chi connectivity index (χ1v) is 8.48. The average molecular weight is 414 g/mol. The molecule has 0 aliphatic carbocycles. The number of benzene rings is 2. The van der Waals surface area contributed by atoms with E-state index in [1.165, 1.54) is 49.4 Å². The molecule has 0 saturated heterocycles. The number of ether oxygens (including phenoxy) is 2. The fraction of sp³-hybridized carbons (Fsp3) is 0.263. The average Bonchev–Trinajstić information content (AvgIpc) is 2.66. The smallest absolute Gasteiger partial charge is 0.481 e. The molecular formula is C19H18F4N2O4. The molecule has 6 nitrogen and oxygen atoms in total. The number of hydrogen-bond donors (Lipinski definition) is 2. The van der Waals surface area contributed by atoms with Crippen molar-refractivity contribution in [1.29, 1.82) is 0 Å². The number of rotatable bonds is 7. The summed E-state index contributed by atoms with van der Waals surface area (Å²) in [7, 11) is 0. The van der Waals surface area contributed by atoms with E-state index in [1.54, 1.807) is 0 Å². The zero-order valence-electron chi connectivity index (χ0n) is 15.3. The van der Waals surface area contributed by atoms with Crippen molar-refractivity contribution in [3.8, 4) is 11.5 Å². The van der Waals surface area contributed by atoms with Gasteiger partial charge in [-0.2, -0.15) is 0 Å². The Hall–Kier alpha value is -3.30. The van der Waals surface area contributed by atoms with Crippen LogP contribution in [0.3, 0.4) is 0 Å². The van der Waals surface area contributed by atoms with Gasteiger partial charge >= 0.3 is 6.36 Å². The zero-order chi connectivity index (χ0) is 21.4. The number of aryl methyl sites for hydroxylation is 1. The monoisotopic (exact) mass is 414 g/mol. The summed E-state index contributed by atoms with van der Waals surface area (Å²) in [6, 6.07) is 10.5. The van der Waals surface area contributed by atoms with E-state index in [0.29, 0.717) is 0 Å². The Balaban J connectivity index is 1.79. The van der Waals surface area contributed by atoms with E-state index in [4.69, 9.17) is 4.74 Å². The summed E-state index contributed by atoms with van der Waals surface area (Å²) in [4.78, 5) is 23.8. The van der Waals surface area contributed by atoms with Gasteiger partial charge in [-0.25, -0.2) is 4.39 Å². The van der Waals surface area contributed by atoms with Crippen LogP contribution >= 0.6 is 0 Å². The van der Waals surface area contributed by atoms with E-state index in [2.05, 4.69) is 15.6 Å². The number of carbonyl (C=O) groups is 2. The molecule has 0 bridgehead atoms. The minimum Gasteiger partial charge on any atom is -0.481 e. The van der Waals surface area contributed by atoms with Gasteiger partial charge in [-0.15, -0.1) is 13.2 Å². The molecule has 0 aromatic heterocycles. The molecule has 1 atom stereocenters. The summed E-state index contributed by atoms with van der Waals surface area (Å²) in [5.74, 6) is -1.86. The Labute approximate surface area is 163 Å². The molecule has 2 aromatic carbocycles. The lowest BCUT2D eigenvalue weighted by Gasteiger charge is -2.15. The summed E-state index contributed by atoms with van der Waals surface area (Å²) in [5, 5.41) is 0. The largest absolute Gasteiger partial charge is 0.573 e. The van der Waals surface area contributed by atoms with Crippen molar-refractivity contribution in [2.45, 2.75) is 32.2 Å². The Morgan fingerprint density at radius 1 is 1.03 bits per heavy atom. The number of carbonyl (C=O) groups excluding carboxylic acids is 2. The van der Waals surface area contributed by atoms with Gasteiger partial charge in [0, 0.05) is 6.42 Å². The first-order chi connectivity index (χ1) is 13.6. The molecule has 156 valence electrons. The van der Waals surface area contributed by atoms with E-state index < -0.39 is 35.8 Å². The maximum atomic E-state index is 12.8. The van der Waals surface area contributed by atoms with E-state index in [1.807, 2.05) is 0 Å². The standard InChI is InChI=1S/C19H18F4N2O4/c1-12(28-15-9-7-14(20)8-10-15)18(27)25-24-17(26)11-6-13-4-2-3-5-16(13)29-19(21,22)23/h2-5,7-10,12H,6,11H2,1H3,(H,24,26)(H,25,27). The molecule has 2 rings (SSSR count). The van der Waals surface area contributed by atoms with Crippen LogP contribution in [-0.4, -0.2) is 24.3 Å². The van der Waals surface area contributed by atoms with Gasteiger partial charge in [0.1, 0.15) is 17.3 Å². The summed E-state index contributed by atoms with van der Waals surface area (Å²) in [6.45, 7) is 1.43. The van der Waals surface area contributed by atoms with Crippen molar-refractivity contribution in [2.75, 3.05) is 0 Å². The fourth-order valence-corrected chi connectivity index (χ4v) is 2.25. The predicted molar refractivity (Wildman–Crippen MR) is 94.2 cm³/mol. The highest BCUT2D eigenvalue weighted by molar-refractivity contribution is 5.84. The van der Waals surface area contributed by atoms with Gasteiger partial charge in [0.15, 0.2) is 6.10 Å². The van der Waals surface area contributed by atoms with E-state index in [0.717, 1.165) is 6.07 Å². The maximum Gasteiger partial charge on any atom is 0.573 e. The highest BCUT2D eigenvalue weighted by atomic mass is 19.4. The molecule has 2 aromatic rings. The van der Waals surface area contributed by atoms with Crippen molar-refractivity contribution < 1.29 is 36.6 Å². The van der Waals surface area contributed by atoms with Crippen LogP contribution in [0.1, 0.15) is 18.9 Å². The quantitative estimate of drug-likeness (QED) is 0.539. The number of para-hydroxylation sites is 1. The number of hydrogen-bond acceptors (Lipinski definition) is 4. The molecule has 2 amide bonds. The maximum absolute atomic E-state index is 12.8. The fourth-order valence-electron chi connectivity index (χ4n) is 2.25. The van der Waals surface area contributed by atoms with Gasteiger partial charge in [-0.05, 0) is 49.2 Å². The topological polar surface area (TPSA) is 76.7 Å². The first kappa shape index (κ1) is 22.0. The molecular weight excluding hydrogens is 396 g/mol. The zero-order valence-corrected chi connectivity index (χ0v) is 15.3. The lowest BCUT2D eigenvalue weighted by atomic mass is 10.1. The van der Waals surface area contributed by atoms with Crippen molar-refractivity contribution in [1.82, 2.24) is 10.9 Å². The van der Waals surface area contributed by atoms with Crippen LogP contribution in [0.2, 0.25) is 0 Å². The molecule has 0 aliphatic heterocycles. The summed E-state index contributed by atoms with van der Waals surface area (Å²) < 4.78 is 59.3. The Bertz CT molecular complexity index is 841. The van der Waals surface area contributed by atoms with Crippen LogP contribution in [0.5, 0.6) is 11.5 Å². The van der Waals surface area contributed by atoms with Crippen LogP contribution in [0.15, 0.2) is 48.5 Å². The van der Waals surface area contributed by atoms with Crippen molar-refractivity contribution >= 4 is 11.8 Å². The van der Waals surface area contributed by atoms with Gasteiger partial charge in [0.2, 0.25) is 5.91 Å². The van der Waals surface area contributed by atoms with Crippen LogP contribution in [0.25, 0.3) is 0 Å². The number of alkyl halides is 3. The van der Waals surface area contributed by atoms with Crippen LogP contribution in [-0.2, 0) is 16.0 Å². The molecule has 0 saturated carbocycles. The summed E-state index contributed by atoms with van der Waals surface area (Å²) in [5.41, 5.74) is 4.50. The van der Waals surface area contributed by atoms with Gasteiger partial charge < -0.3 is 9.47 Å². The molecule has 29 heavy (non-hydrogen) atoms. The Morgan fingerprint density at radius 3 is 2.34 bits per heavy atom. The van der Waals surface area contributed by atoms with Crippen LogP contribution in [0, 0.1) is 5.82 Å². The van der Waals surface area contributed by atoms with Gasteiger partial charge in [0.05, 0.1) is 0 Å². The molecule has 0 radical (unpaired) electrons. The summed E-state index contributed by atoms with van der Waals surface area (Å²) >= 11 is 0. The van der Waals surface area contributed by atoms with E-state index in [-0.39, 0.29) is 24.2 Å². The van der Waals surface area contributed by atoms with Crippen LogP contribution < -0.4 is 20.3 Å². The predicted octanol–water partition coefficient (Wildman–Crippen LogP) is 3.27. The molecule has 2 N–H and O–H groups in total. The second-order valence-corrected chi connectivity index (χ2v) is 5.91. The third kappa shape index (κ3) is 7.68. The molecule has 0 heterocycles. The second kappa shape index (κ2) is 9.76. The number of hydrazine groups is 1. The van der Waals surface area contributed by atoms with E-state index in [9.17, 15) is 27.2 Å². The van der Waals surface area contributed by atoms with Crippen molar-refractivity contribution in [3.05, 3.63) is 59.9 Å². The highest BCUT2D eigenvalue weighted by Gasteiger charge is 2.32. The third-order valence-electron chi connectivity index (χ3n) is 3.64. The van der Waals surface area contributed by atoms with Crippen LogP contribution in [0.4, 0.5) is 17.6 Å². The molecule has 10 heteroatoms. The lowest BCUT2D eigenvalue weighted by Crippen LogP contribution is -2.47. The second-order valence-electron chi connectivity index (χ2n) is 5.91. The number of amides is 2. The SMILES string of the molecule is CC(Oc1ccc(F)cc1)C(=O)NNC(=O)CCc1ccccc1OC(F)(F)F. The molecule has 0 spiro atoms. The van der Waals surface area contributed by atoms with Crippen molar-refractivity contribution in [2.24, 2.45) is 0 Å². The Kier molecular flexibility index (Phi) is 7.40.